The minimum absolute atomic E-state index is 0.272. The van der Waals surface area contributed by atoms with Crippen LogP contribution in [0, 0.1) is 5.92 Å². The summed E-state index contributed by atoms with van der Waals surface area (Å²) in [5, 5.41) is 3.54. The third-order valence-electron chi connectivity index (χ3n) is 4.20. The molecule has 2 rings (SSSR count). The van der Waals surface area contributed by atoms with Gasteiger partial charge in [-0.15, -0.1) is 0 Å². The molecule has 0 aliphatic carbocycles. The van der Waals surface area contributed by atoms with E-state index in [0.29, 0.717) is 24.1 Å². The lowest BCUT2D eigenvalue weighted by atomic mass is 9.94. The quantitative estimate of drug-likeness (QED) is 0.845. The minimum atomic E-state index is -0.272. The highest BCUT2D eigenvalue weighted by Gasteiger charge is 2.16. The van der Waals surface area contributed by atoms with Gasteiger partial charge in [-0.1, -0.05) is 33.3 Å². The normalized spacial score (nSPS) is 14.5. The Morgan fingerprint density at radius 2 is 2.05 bits per heavy atom. The number of hydrogen-bond acceptors (Lipinski definition) is 3. The van der Waals surface area contributed by atoms with Crippen molar-refractivity contribution in [2.75, 3.05) is 6.54 Å². The molecule has 0 radical (unpaired) electrons. The second-order valence-corrected chi connectivity index (χ2v) is 5.70. The molecule has 0 aliphatic rings. The zero-order valence-corrected chi connectivity index (χ0v) is 13.5. The lowest BCUT2D eigenvalue weighted by Crippen LogP contribution is -2.22. The van der Waals surface area contributed by atoms with Gasteiger partial charge in [0.05, 0.1) is 5.52 Å². The van der Waals surface area contributed by atoms with Crippen molar-refractivity contribution in [1.82, 2.24) is 9.88 Å². The zero-order valence-electron chi connectivity index (χ0n) is 13.5. The first kappa shape index (κ1) is 15.8. The van der Waals surface area contributed by atoms with Gasteiger partial charge in [-0.2, -0.15) is 0 Å². The van der Waals surface area contributed by atoms with Crippen molar-refractivity contribution in [3.63, 3.8) is 0 Å². The Balaban J connectivity index is 2.37. The molecule has 1 heterocycles. The molecule has 4 nitrogen and oxygen atoms in total. The molecular weight excluding hydrogens is 264 g/mol. The summed E-state index contributed by atoms with van der Waals surface area (Å²) in [4.78, 5) is 11.8. The number of nitrogens with one attached hydrogen (secondary N) is 1. The maximum Gasteiger partial charge on any atom is 0.419 e. The summed E-state index contributed by atoms with van der Waals surface area (Å²) in [6, 6.07) is 6.43. The Morgan fingerprint density at radius 1 is 1.29 bits per heavy atom. The Labute approximate surface area is 126 Å². The molecule has 2 atom stereocenters. The number of nitrogens with zero attached hydrogens (tertiary/aromatic N) is 1. The number of benzene rings is 1. The second kappa shape index (κ2) is 6.94. The molecule has 4 heteroatoms. The van der Waals surface area contributed by atoms with Crippen molar-refractivity contribution in [2.24, 2.45) is 5.92 Å². The molecule has 0 saturated carbocycles. The Hall–Kier alpha value is -1.55. The average molecular weight is 290 g/mol. The third-order valence-corrected chi connectivity index (χ3v) is 4.20. The first-order chi connectivity index (χ1) is 10.1. The molecule has 21 heavy (non-hydrogen) atoms. The second-order valence-electron chi connectivity index (χ2n) is 5.70. The summed E-state index contributed by atoms with van der Waals surface area (Å²) in [6.07, 6.45) is 2.26. The lowest BCUT2D eigenvalue weighted by molar-refractivity contribution is 0.408. The first-order valence-electron chi connectivity index (χ1n) is 7.97. The predicted molar refractivity (Wildman–Crippen MR) is 86.6 cm³/mol. The van der Waals surface area contributed by atoms with Crippen LogP contribution < -0.4 is 11.1 Å². The predicted octanol–water partition coefficient (Wildman–Crippen LogP) is 3.70. The average Bonchev–Trinajstić information content (AvgIpc) is 2.80. The summed E-state index contributed by atoms with van der Waals surface area (Å²) in [5.41, 5.74) is 2.76. The maximum atomic E-state index is 11.8. The monoisotopic (exact) mass is 290 g/mol. The van der Waals surface area contributed by atoms with Crippen LogP contribution in [0.25, 0.3) is 11.1 Å². The van der Waals surface area contributed by atoms with Crippen LogP contribution in [-0.4, -0.2) is 11.1 Å². The molecule has 0 bridgehead atoms. The number of aromatic nitrogens is 1. The molecule has 0 fully saturated rings. The fourth-order valence-corrected chi connectivity index (χ4v) is 2.75. The van der Waals surface area contributed by atoms with Gasteiger partial charge in [0.1, 0.15) is 0 Å². The van der Waals surface area contributed by atoms with Crippen LogP contribution in [0.3, 0.4) is 0 Å². The standard InChI is InChI=1S/C17H26N2O2/c1-5-12(4)10-14(18-6-2)13-8-9-15-16(11-13)21-17(20)19(15)7-3/h8-9,11-12,14,18H,5-7,10H2,1-4H3. The summed E-state index contributed by atoms with van der Waals surface area (Å²) in [7, 11) is 0. The highest BCUT2D eigenvalue weighted by molar-refractivity contribution is 5.73. The summed E-state index contributed by atoms with van der Waals surface area (Å²) in [5.74, 6) is 0.392. The van der Waals surface area contributed by atoms with E-state index in [0.717, 1.165) is 18.5 Å². The van der Waals surface area contributed by atoms with Crippen LogP contribution in [0.5, 0.6) is 0 Å². The van der Waals surface area contributed by atoms with E-state index in [1.165, 1.54) is 12.0 Å². The van der Waals surface area contributed by atoms with Crippen molar-refractivity contribution >= 4 is 11.1 Å². The van der Waals surface area contributed by atoms with E-state index < -0.39 is 0 Å². The lowest BCUT2D eigenvalue weighted by Gasteiger charge is -2.21. The van der Waals surface area contributed by atoms with Crippen molar-refractivity contribution < 1.29 is 4.42 Å². The fourth-order valence-electron chi connectivity index (χ4n) is 2.75. The van der Waals surface area contributed by atoms with E-state index in [9.17, 15) is 4.79 Å². The third kappa shape index (κ3) is 3.38. The molecule has 2 aromatic rings. The van der Waals surface area contributed by atoms with Crippen molar-refractivity contribution in [1.29, 1.82) is 0 Å². The van der Waals surface area contributed by atoms with Crippen LogP contribution in [0.2, 0.25) is 0 Å². The Bertz CT molecular complexity index is 642. The number of aryl methyl sites for hydroxylation is 1. The smallest absolute Gasteiger partial charge is 0.408 e. The topological polar surface area (TPSA) is 47.2 Å². The van der Waals surface area contributed by atoms with Crippen LogP contribution in [-0.2, 0) is 6.54 Å². The summed E-state index contributed by atoms with van der Waals surface area (Å²) in [6.45, 7) is 10.1. The van der Waals surface area contributed by atoms with Crippen molar-refractivity contribution in [2.45, 2.75) is 53.1 Å². The van der Waals surface area contributed by atoms with Crippen LogP contribution in [0.1, 0.15) is 52.1 Å². The number of hydrogen-bond donors (Lipinski definition) is 1. The maximum absolute atomic E-state index is 11.8. The van der Waals surface area contributed by atoms with Gasteiger partial charge < -0.3 is 9.73 Å². The fraction of sp³-hybridized carbons (Fsp3) is 0.588. The highest BCUT2D eigenvalue weighted by atomic mass is 16.4. The number of oxazole rings is 1. The van der Waals surface area contributed by atoms with Gasteiger partial charge in [-0.05, 0) is 43.5 Å². The van der Waals surface area contributed by atoms with Crippen molar-refractivity contribution in [3.05, 3.63) is 34.3 Å². The van der Waals surface area contributed by atoms with Gasteiger partial charge in [0.15, 0.2) is 5.58 Å². The van der Waals surface area contributed by atoms with E-state index >= 15 is 0 Å². The van der Waals surface area contributed by atoms with Gasteiger partial charge in [-0.3, -0.25) is 4.57 Å². The highest BCUT2D eigenvalue weighted by Crippen LogP contribution is 2.26. The van der Waals surface area contributed by atoms with Gasteiger partial charge in [0.2, 0.25) is 0 Å². The molecule has 0 amide bonds. The molecular formula is C17H26N2O2. The van der Waals surface area contributed by atoms with Gasteiger partial charge in [0, 0.05) is 12.6 Å². The largest absolute Gasteiger partial charge is 0.419 e. The van der Waals surface area contributed by atoms with E-state index in [1.54, 1.807) is 4.57 Å². The van der Waals surface area contributed by atoms with E-state index in [4.69, 9.17) is 4.42 Å². The zero-order chi connectivity index (χ0) is 15.4. The Morgan fingerprint density at radius 3 is 2.67 bits per heavy atom. The molecule has 1 aromatic heterocycles. The van der Waals surface area contributed by atoms with Crippen molar-refractivity contribution in [3.8, 4) is 0 Å². The SMILES string of the molecule is CCNC(CC(C)CC)c1ccc2c(c1)oc(=O)n2CC. The van der Waals surface area contributed by atoms with E-state index in [-0.39, 0.29) is 5.76 Å². The number of fused-ring (bicyclic) bond motifs is 1. The molecule has 1 aromatic carbocycles. The number of rotatable bonds is 7. The van der Waals surface area contributed by atoms with Crippen LogP contribution in [0.4, 0.5) is 0 Å². The molecule has 1 N–H and O–H groups in total. The van der Waals surface area contributed by atoms with Gasteiger partial charge >= 0.3 is 5.76 Å². The van der Waals surface area contributed by atoms with E-state index in [1.807, 2.05) is 19.1 Å². The summed E-state index contributed by atoms with van der Waals surface area (Å²) < 4.78 is 7.03. The van der Waals surface area contributed by atoms with Crippen LogP contribution in [0.15, 0.2) is 27.4 Å². The minimum Gasteiger partial charge on any atom is -0.408 e. The Kier molecular flexibility index (Phi) is 5.23. The van der Waals surface area contributed by atoms with Gasteiger partial charge in [-0.25, -0.2) is 4.79 Å². The molecule has 0 spiro atoms. The van der Waals surface area contributed by atoms with E-state index in [2.05, 4.69) is 32.2 Å². The first-order valence-corrected chi connectivity index (χ1v) is 7.97. The molecule has 0 saturated heterocycles. The van der Waals surface area contributed by atoms with Crippen LogP contribution >= 0.6 is 0 Å². The molecule has 116 valence electrons. The molecule has 2 unspecified atom stereocenters. The van der Waals surface area contributed by atoms with Gasteiger partial charge in [0.25, 0.3) is 0 Å². The summed E-state index contributed by atoms with van der Waals surface area (Å²) >= 11 is 0. The molecule has 0 aliphatic heterocycles.